The monoisotopic (exact) mass is 379 g/mol. The second-order valence-corrected chi connectivity index (χ2v) is 8.37. The highest BCUT2D eigenvalue weighted by Gasteiger charge is 2.33. The fraction of sp³-hybridized carbons (Fsp3) is 0.500. The van der Waals surface area contributed by atoms with E-state index >= 15 is 0 Å². The molecule has 0 spiro atoms. The summed E-state index contributed by atoms with van der Waals surface area (Å²) >= 11 is 0. The highest BCUT2D eigenvalue weighted by molar-refractivity contribution is 7.89. The standard InChI is InChI=1S/C18H25N3O4S/c1-14-18(15(2)25-19-14)26(22,23)21-12-10-20(11-13-21)9-8-16-4-6-17(24-3)7-5-16/h4-7H,8-13H2,1-3H3. The van der Waals surface area contributed by atoms with Crippen LogP contribution in [0.2, 0.25) is 0 Å². The molecule has 0 N–H and O–H groups in total. The van der Waals surface area contributed by atoms with Crippen LogP contribution in [0.5, 0.6) is 5.75 Å². The summed E-state index contributed by atoms with van der Waals surface area (Å²) < 4.78 is 37.4. The van der Waals surface area contributed by atoms with Crippen LogP contribution in [-0.4, -0.2) is 62.6 Å². The summed E-state index contributed by atoms with van der Waals surface area (Å²) in [5.41, 5.74) is 1.67. The molecule has 1 aromatic carbocycles. The number of sulfonamides is 1. The van der Waals surface area contributed by atoms with Gasteiger partial charge in [0.05, 0.1) is 7.11 Å². The fourth-order valence-electron chi connectivity index (χ4n) is 3.24. The Labute approximate surface area is 154 Å². The molecule has 1 saturated heterocycles. The number of piperazine rings is 1. The second-order valence-electron chi connectivity index (χ2n) is 6.50. The molecule has 1 aliphatic rings. The van der Waals surface area contributed by atoms with Gasteiger partial charge in [-0.05, 0) is 38.0 Å². The van der Waals surface area contributed by atoms with E-state index < -0.39 is 10.0 Å². The Bertz CT molecular complexity index is 818. The maximum Gasteiger partial charge on any atom is 0.248 e. The van der Waals surface area contributed by atoms with Gasteiger partial charge in [0.25, 0.3) is 0 Å². The number of ether oxygens (including phenoxy) is 1. The third kappa shape index (κ3) is 3.92. The van der Waals surface area contributed by atoms with Crippen LogP contribution in [0.3, 0.4) is 0 Å². The maximum absolute atomic E-state index is 12.8. The lowest BCUT2D eigenvalue weighted by Gasteiger charge is -2.33. The Morgan fingerprint density at radius 2 is 1.77 bits per heavy atom. The van der Waals surface area contributed by atoms with Gasteiger partial charge in [-0.15, -0.1) is 0 Å². The normalized spacial score (nSPS) is 16.7. The largest absolute Gasteiger partial charge is 0.497 e. The topological polar surface area (TPSA) is 75.9 Å². The minimum atomic E-state index is -3.54. The Hall–Kier alpha value is -1.90. The molecule has 0 radical (unpaired) electrons. The average molecular weight is 379 g/mol. The summed E-state index contributed by atoms with van der Waals surface area (Å²) in [6, 6.07) is 8.06. The minimum Gasteiger partial charge on any atom is -0.497 e. The molecule has 0 aliphatic carbocycles. The van der Waals surface area contributed by atoms with Crippen molar-refractivity contribution in [1.29, 1.82) is 0 Å². The Balaban J connectivity index is 1.55. The number of rotatable bonds is 6. The molecule has 3 rings (SSSR count). The molecule has 7 nitrogen and oxygen atoms in total. The molecule has 0 atom stereocenters. The molecule has 1 aliphatic heterocycles. The molecule has 1 fully saturated rings. The minimum absolute atomic E-state index is 0.212. The number of benzene rings is 1. The molecule has 0 saturated carbocycles. The second kappa shape index (κ2) is 7.77. The van der Waals surface area contributed by atoms with E-state index in [1.54, 1.807) is 21.0 Å². The van der Waals surface area contributed by atoms with Gasteiger partial charge < -0.3 is 14.2 Å². The van der Waals surface area contributed by atoms with E-state index in [0.717, 1.165) is 31.8 Å². The van der Waals surface area contributed by atoms with Crippen LogP contribution in [0.1, 0.15) is 17.0 Å². The number of hydrogen-bond acceptors (Lipinski definition) is 6. The van der Waals surface area contributed by atoms with E-state index in [1.165, 1.54) is 9.87 Å². The molecule has 0 unspecified atom stereocenters. The summed E-state index contributed by atoms with van der Waals surface area (Å²) in [7, 11) is -1.88. The molecule has 142 valence electrons. The maximum atomic E-state index is 12.8. The van der Waals surface area contributed by atoms with E-state index in [0.29, 0.717) is 24.5 Å². The molecular formula is C18H25N3O4S. The van der Waals surface area contributed by atoms with Crippen molar-refractivity contribution in [2.45, 2.75) is 25.2 Å². The first-order valence-electron chi connectivity index (χ1n) is 8.70. The van der Waals surface area contributed by atoms with Gasteiger partial charge in [-0.2, -0.15) is 4.31 Å². The van der Waals surface area contributed by atoms with Crippen molar-refractivity contribution in [3.05, 3.63) is 41.3 Å². The lowest BCUT2D eigenvalue weighted by atomic mass is 10.1. The van der Waals surface area contributed by atoms with Gasteiger partial charge >= 0.3 is 0 Å². The number of hydrogen-bond donors (Lipinski definition) is 0. The van der Waals surface area contributed by atoms with Crippen molar-refractivity contribution >= 4 is 10.0 Å². The number of aryl methyl sites for hydroxylation is 2. The number of nitrogens with zero attached hydrogens (tertiary/aromatic N) is 3. The molecule has 1 aromatic heterocycles. The average Bonchev–Trinajstić information content (AvgIpc) is 3.00. The van der Waals surface area contributed by atoms with Crippen LogP contribution in [0.15, 0.2) is 33.7 Å². The smallest absolute Gasteiger partial charge is 0.248 e. The fourth-order valence-corrected chi connectivity index (χ4v) is 4.96. The van der Waals surface area contributed by atoms with E-state index in [2.05, 4.69) is 22.2 Å². The van der Waals surface area contributed by atoms with Gasteiger partial charge in [0.1, 0.15) is 16.3 Å². The Kier molecular flexibility index (Phi) is 5.64. The summed E-state index contributed by atoms with van der Waals surface area (Å²) in [6.45, 7) is 6.61. The zero-order chi connectivity index (χ0) is 18.7. The van der Waals surface area contributed by atoms with Crippen LogP contribution >= 0.6 is 0 Å². The first kappa shape index (κ1) is 18.9. The zero-order valence-corrected chi connectivity index (χ0v) is 16.3. The zero-order valence-electron chi connectivity index (χ0n) is 15.4. The summed E-state index contributed by atoms with van der Waals surface area (Å²) in [6.07, 6.45) is 0.931. The first-order valence-corrected chi connectivity index (χ1v) is 10.1. The Morgan fingerprint density at radius 1 is 1.12 bits per heavy atom. The van der Waals surface area contributed by atoms with Gasteiger partial charge in [-0.3, -0.25) is 0 Å². The summed E-state index contributed by atoms with van der Waals surface area (Å²) in [4.78, 5) is 2.51. The lowest BCUT2D eigenvalue weighted by molar-refractivity contribution is 0.190. The third-order valence-corrected chi connectivity index (χ3v) is 6.92. The van der Waals surface area contributed by atoms with Gasteiger partial charge in [-0.1, -0.05) is 17.3 Å². The third-order valence-electron chi connectivity index (χ3n) is 4.77. The van der Waals surface area contributed by atoms with E-state index in [-0.39, 0.29) is 4.90 Å². The quantitative estimate of drug-likeness (QED) is 0.762. The van der Waals surface area contributed by atoms with Crippen molar-refractivity contribution in [3.63, 3.8) is 0 Å². The van der Waals surface area contributed by atoms with Crippen molar-refractivity contribution in [3.8, 4) is 5.75 Å². The van der Waals surface area contributed by atoms with Crippen molar-refractivity contribution in [1.82, 2.24) is 14.4 Å². The molecule has 2 aromatic rings. The highest BCUT2D eigenvalue weighted by Crippen LogP contribution is 2.24. The first-order chi connectivity index (χ1) is 12.4. The van der Waals surface area contributed by atoms with Gasteiger partial charge in [0, 0.05) is 32.7 Å². The molecule has 8 heteroatoms. The van der Waals surface area contributed by atoms with Crippen molar-refractivity contribution in [2.24, 2.45) is 0 Å². The summed E-state index contributed by atoms with van der Waals surface area (Å²) in [5, 5.41) is 3.77. The van der Waals surface area contributed by atoms with Gasteiger partial charge in [-0.25, -0.2) is 8.42 Å². The van der Waals surface area contributed by atoms with E-state index in [4.69, 9.17) is 9.26 Å². The van der Waals surface area contributed by atoms with Crippen LogP contribution in [0.4, 0.5) is 0 Å². The van der Waals surface area contributed by atoms with Crippen LogP contribution in [-0.2, 0) is 16.4 Å². The molecule has 0 amide bonds. The molecular weight excluding hydrogens is 354 g/mol. The van der Waals surface area contributed by atoms with Crippen LogP contribution < -0.4 is 4.74 Å². The predicted octanol–water partition coefficient (Wildman–Crippen LogP) is 1.85. The number of methoxy groups -OCH3 is 1. The summed E-state index contributed by atoms with van der Waals surface area (Å²) in [5.74, 6) is 1.20. The van der Waals surface area contributed by atoms with Crippen molar-refractivity contribution in [2.75, 3.05) is 39.8 Å². The Morgan fingerprint density at radius 3 is 2.31 bits per heavy atom. The predicted molar refractivity (Wildman–Crippen MR) is 97.9 cm³/mol. The molecule has 0 bridgehead atoms. The van der Waals surface area contributed by atoms with Gasteiger partial charge in [0.15, 0.2) is 5.76 Å². The van der Waals surface area contributed by atoms with E-state index in [1.807, 2.05) is 12.1 Å². The van der Waals surface area contributed by atoms with Gasteiger partial charge in [0.2, 0.25) is 10.0 Å². The SMILES string of the molecule is COc1ccc(CCN2CCN(S(=O)(=O)c3c(C)noc3C)CC2)cc1. The highest BCUT2D eigenvalue weighted by atomic mass is 32.2. The molecule has 26 heavy (non-hydrogen) atoms. The molecule has 2 heterocycles. The number of aromatic nitrogens is 1. The van der Waals surface area contributed by atoms with Crippen LogP contribution in [0.25, 0.3) is 0 Å². The van der Waals surface area contributed by atoms with Crippen LogP contribution in [0, 0.1) is 13.8 Å². The van der Waals surface area contributed by atoms with E-state index in [9.17, 15) is 8.42 Å². The van der Waals surface area contributed by atoms with Crippen molar-refractivity contribution < 1.29 is 17.7 Å². The lowest BCUT2D eigenvalue weighted by Crippen LogP contribution is -2.49.